The predicted octanol–water partition coefficient (Wildman–Crippen LogP) is 4.30. The molecule has 0 spiro atoms. The van der Waals surface area contributed by atoms with Crippen molar-refractivity contribution in [3.63, 3.8) is 0 Å². The van der Waals surface area contributed by atoms with E-state index in [1.54, 1.807) is 49.6 Å². The number of amides is 1. The summed E-state index contributed by atoms with van der Waals surface area (Å²) in [5.74, 6) is 0.436. The second kappa shape index (κ2) is 7.79. The smallest absolute Gasteiger partial charge is 0.273 e. The number of methoxy groups -OCH3 is 1. The first-order chi connectivity index (χ1) is 12.0. The summed E-state index contributed by atoms with van der Waals surface area (Å²) < 4.78 is 5.11. The number of carbonyl (C=O) groups is 1. The maximum atomic E-state index is 13.1. The van der Waals surface area contributed by atoms with E-state index < -0.39 is 10.3 Å². The van der Waals surface area contributed by atoms with Crippen LogP contribution in [0, 0.1) is 10.1 Å². The monoisotopic (exact) mass is 342 g/mol. The van der Waals surface area contributed by atoms with Gasteiger partial charge in [-0.2, -0.15) is 0 Å². The standard InChI is InChI=1S/C19H22N2O4/c1-4-19(5-2,16-8-6-7-9-17(16)21(23)24)18(22)20-14-10-12-15(25-3)13-11-14/h6-13H,4-5H2,1-3H3,(H,20,22). The molecule has 2 aromatic rings. The molecule has 2 rings (SSSR count). The number of nitrogens with one attached hydrogen (secondary N) is 1. The molecule has 0 radical (unpaired) electrons. The van der Waals surface area contributed by atoms with Gasteiger partial charge in [-0.3, -0.25) is 14.9 Å². The SMILES string of the molecule is CCC(CC)(C(=O)Nc1ccc(OC)cc1)c1ccccc1[N+](=O)[O-]. The molecule has 0 heterocycles. The van der Waals surface area contributed by atoms with E-state index >= 15 is 0 Å². The van der Waals surface area contributed by atoms with Crippen molar-refractivity contribution >= 4 is 17.3 Å². The van der Waals surface area contributed by atoms with Crippen LogP contribution in [0.1, 0.15) is 32.3 Å². The third kappa shape index (κ3) is 3.63. The minimum Gasteiger partial charge on any atom is -0.497 e. The average Bonchev–Trinajstić information content (AvgIpc) is 2.64. The van der Waals surface area contributed by atoms with E-state index in [4.69, 9.17) is 4.74 Å². The summed E-state index contributed by atoms with van der Waals surface area (Å²) in [4.78, 5) is 24.0. The number of anilines is 1. The molecule has 0 aliphatic carbocycles. The summed E-state index contributed by atoms with van der Waals surface area (Å²) >= 11 is 0. The molecule has 1 N–H and O–H groups in total. The second-order valence-corrected chi connectivity index (χ2v) is 5.75. The van der Waals surface area contributed by atoms with Crippen LogP contribution in [0.2, 0.25) is 0 Å². The van der Waals surface area contributed by atoms with Gasteiger partial charge in [0.25, 0.3) is 5.69 Å². The van der Waals surface area contributed by atoms with Crippen LogP contribution >= 0.6 is 0 Å². The zero-order valence-corrected chi connectivity index (χ0v) is 14.6. The molecule has 25 heavy (non-hydrogen) atoms. The third-order valence-corrected chi connectivity index (χ3v) is 4.61. The molecule has 132 valence electrons. The van der Waals surface area contributed by atoms with Crippen molar-refractivity contribution < 1.29 is 14.5 Å². The Balaban J connectivity index is 2.41. The van der Waals surface area contributed by atoms with Crippen LogP contribution in [0.25, 0.3) is 0 Å². The van der Waals surface area contributed by atoms with Gasteiger partial charge in [0.15, 0.2) is 0 Å². The van der Waals surface area contributed by atoms with Crippen molar-refractivity contribution in [1.29, 1.82) is 0 Å². The van der Waals surface area contributed by atoms with Crippen LogP contribution in [0.5, 0.6) is 5.75 Å². The minimum atomic E-state index is -0.969. The Morgan fingerprint density at radius 2 is 1.72 bits per heavy atom. The van der Waals surface area contributed by atoms with Gasteiger partial charge in [-0.05, 0) is 37.1 Å². The molecule has 0 aliphatic heterocycles. The summed E-state index contributed by atoms with van der Waals surface area (Å²) in [6.45, 7) is 3.74. The molecule has 0 aliphatic rings. The molecule has 2 aromatic carbocycles. The van der Waals surface area contributed by atoms with Crippen molar-refractivity contribution in [2.24, 2.45) is 0 Å². The van der Waals surface area contributed by atoms with Gasteiger partial charge in [0.05, 0.1) is 17.4 Å². The van der Waals surface area contributed by atoms with E-state index in [1.807, 2.05) is 13.8 Å². The number of ether oxygens (including phenoxy) is 1. The van der Waals surface area contributed by atoms with Crippen LogP contribution in [0.3, 0.4) is 0 Å². The maximum Gasteiger partial charge on any atom is 0.273 e. The normalized spacial score (nSPS) is 11.0. The molecule has 1 amide bonds. The molecule has 0 atom stereocenters. The topological polar surface area (TPSA) is 81.5 Å². The Morgan fingerprint density at radius 3 is 2.24 bits per heavy atom. The molecule has 0 fully saturated rings. The first-order valence-corrected chi connectivity index (χ1v) is 8.18. The molecule has 0 aromatic heterocycles. The Hall–Kier alpha value is -2.89. The summed E-state index contributed by atoms with van der Waals surface area (Å²) in [7, 11) is 1.57. The first-order valence-electron chi connectivity index (χ1n) is 8.18. The molecule has 0 saturated heterocycles. The number of rotatable bonds is 7. The van der Waals surface area contributed by atoms with Crippen molar-refractivity contribution in [2.45, 2.75) is 32.1 Å². The summed E-state index contributed by atoms with van der Waals surface area (Å²) in [6, 6.07) is 13.4. The number of benzene rings is 2. The molecule has 0 saturated carbocycles. The zero-order chi connectivity index (χ0) is 18.4. The molecule has 0 bridgehead atoms. The fourth-order valence-corrected chi connectivity index (χ4v) is 3.04. The summed E-state index contributed by atoms with van der Waals surface area (Å²) in [6.07, 6.45) is 0.909. The van der Waals surface area contributed by atoms with Gasteiger partial charge >= 0.3 is 0 Å². The number of para-hydroxylation sites is 1. The highest BCUT2D eigenvalue weighted by atomic mass is 16.6. The van der Waals surface area contributed by atoms with Crippen LogP contribution < -0.4 is 10.1 Å². The Labute approximate surface area is 147 Å². The van der Waals surface area contributed by atoms with Gasteiger partial charge in [0, 0.05) is 17.3 Å². The number of nitro groups is 1. The van der Waals surface area contributed by atoms with Crippen molar-refractivity contribution in [1.82, 2.24) is 0 Å². The third-order valence-electron chi connectivity index (χ3n) is 4.61. The Morgan fingerprint density at radius 1 is 1.12 bits per heavy atom. The average molecular weight is 342 g/mol. The van der Waals surface area contributed by atoms with Gasteiger partial charge in [0.2, 0.25) is 5.91 Å². The van der Waals surface area contributed by atoms with Gasteiger partial charge in [-0.1, -0.05) is 32.0 Å². The highest BCUT2D eigenvalue weighted by Crippen LogP contribution is 2.38. The van der Waals surface area contributed by atoms with Crippen LogP contribution in [-0.2, 0) is 10.2 Å². The lowest BCUT2D eigenvalue weighted by Gasteiger charge is -2.30. The Bertz CT molecular complexity index is 752. The molecular weight excluding hydrogens is 320 g/mol. The first kappa shape index (κ1) is 18.4. The van der Waals surface area contributed by atoms with Gasteiger partial charge in [-0.25, -0.2) is 0 Å². The fraction of sp³-hybridized carbons (Fsp3) is 0.316. The lowest BCUT2D eigenvalue weighted by atomic mass is 9.74. The summed E-state index contributed by atoms with van der Waals surface area (Å²) in [5, 5.41) is 14.3. The second-order valence-electron chi connectivity index (χ2n) is 5.75. The quantitative estimate of drug-likeness (QED) is 0.601. The molecule has 6 nitrogen and oxygen atoms in total. The van der Waals surface area contributed by atoms with Gasteiger partial charge in [-0.15, -0.1) is 0 Å². The van der Waals surface area contributed by atoms with E-state index in [0.29, 0.717) is 29.8 Å². The summed E-state index contributed by atoms with van der Waals surface area (Å²) in [5.41, 5.74) is 0.0617. The largest absolute Gasteiger partial charge is 0.497 e. The molecular formula is C19H22N2O4. The van der Waals surface area contributed by atoms with Crippen molar-refractivity contribution in [2.75, 3.05) is 12.4 Å². The van der Waals surface area contributed by atoms with Gasteiger partial charge in [0.1, 0.15) is 5.75 Å². The highest BCUT2D eigenvalue weighted by Gasteiger charge is 2.41. The minimum absolute atomic E-state index is 0.0314. The van der Waals surface area contributed by atoms with E-state index in [0.717, 1.165) is 0 Å². The van der Waals surface area contributed by atoms with Crippen LogP contribution in [0.4, 0.5) is 11.4 Å². The Kier molecular flexibility index (Phi) is 5.75. The number of nitrogens with zero attached hydrogens (tertiary/aromatic N) is 1. The zero-order valence-electron chi connectivity index (χ0n) is 14.6. The van der Waals surface area contributed by atoms with E-state index in [1.165, 1.54) is 6.07 Å². The lowest BCUT2D eigenvalue weighted by Crippen LogP contribution is -2.40. The molecule has 6 heteroatoms. The van der Waals surface area contributed by atoms with E-state index in [9.17, 15) is 14.9 Å². The van der Waals surface area contributed by atoms with Crippen LogP contribution in [-0.4, -0.2) is 17.9 Å². The van der Waals surface area contributed by atoms with Crippen molar-refractivity contribution in [3.8, 4) is 5.75 Å². The van der Waals surface area contributed by atoms with Crippen LogP contribution in [0.15, 0.2) is 48.5 Å². The number of hydrogen-bond acceptors (Lipinski definition) is 4. The van der Waals surface area contributed by atoms with Gasteiger partial charge < -0.3 is 10.1 Å². The highest BCUT2D eigenvalue weighted by molar-refractivity contribution is 5.99. The number of nitro benzene ring substituents is 1. The number of carbonyl (C=O) groups excluding carboxylic acids is 1. The fourth-order valence-electron chi connectivity index (χ4n) is 3.04. The molecule has 0 unspecified atom stereocenters. The number of hydrogen-bond donors (Lipinski definition) is 1. The predicted molar refractivity (Wildman–Crippen MR) is 97.0 cm³/mol. The van der Waals surface area contributed by atoms with Crippen molar-refractivity contribution in [3.05, 3.63) is 64.2 Å². The van der Waals surface area contributed by atoms with E-state index in [-0.39, 0.29) is 11.6 Å². The maximum absolute atomic E-state index is 13.1. The lowest BCUT2D eigenvalue weighted by molar-refractivity contribution is -0.386. The van der Waals surface area contributed by atoms with E-state index in [2.05, 4.69) is 5.32 Å².